The van der Waals surface area contributed by atoms with Gasteiger partial charge >= 0.3 is 5.97 Å². The molecule has 1 aliphatic carbocycles. The lowest BCUT2D eigenvalue weighted by Crippen LogP contribution is -2.41. The van der Waals surface area contributed by atoms with Crippen LogP contribution in [0, 0.1) is 5.92 Å². The van der Waals surface area contributed by atoms with Gasteiger partial charge in [0.05, 0.1) is 6.61 Å². The smallest absolute Gasteiger partial charge is 0.328 e. The number of likely N-dealkylation sites (N-methyl/N-ethyl adjacent to an activating group) is 1. The van der Waals surface area contributed by atoms with Gasteiger partial charge in [0, 0.05) is 26.7 Å². The van der Waals surface area contributed by atoms with Gasteiger partial charge in [-0.15, -0.1) is 24.0 Å². The summed E-state index contributed by atoms with van der Waals surface area (Å²) >= 11 is 0. The van der Waals surface area contributed by atoms with E-state index in [9.17, 15) is 4.79 Å². The molecule has 1 aliphatic rings. The largest absolute Gasteiger partial charge is 0.459 e. The maximum atomic E-state index is 11.7. The van der Waals surface area contributed by atoms with E-state index in [-0.39, 0.29) is 36.5 Å². The molecule has 0 saturated heterocycles. The number of hydrogen-bond donors (Lipinski definition) is 1. The summed E-state index contributed by atoms with van der Waals surface area (Å²) in [4.78, 5) is 18.0. The van der Waals surface area contributed by atoms with Crippen LogP contribution in [0.3, 0.4) is 0 Å². The van der Waals surface area contributed by atoms with Crippen LogP contribution >= 0.6 is 24.0 Å². The van der Waals surface area contributed by atoms with E-state index in [1.807, 2.05) is 39.6 Å². The highest BCUT2D eigenvalue weighted by Gasteiger charge is 2.21. The molecule has 0 spiro atoms. The number of carbonyl (C=O) groups is 1. The summed E-state index contributed by atoms with van der Waals surface area (Å²) in [6.45, 7) is 10.6. The summed E-state index contributed by atoms with van der Waals surface area (Å²) in [5.74, 6) is 1.16. The van der Waals surface area contributed by atoms with Crippen LogP contribution in [0.1, 0.15) is 40.5 Å². The Balaban J connectivity index is 0.00000484. The molecule has 1 fully saturated rings. The number of nitrogens with one attached hydrogen (secondary N) is 1. The van der Waals surface area contributed by atoms with Crippen molar-refractivity contribution in [3.63, 3.8) is 0 Å². The first-order valence-corrected chi connectivity index (χ1v) is 8.11. The Morgan fingerprint density at radius 3 is 2.52 bits per heavy atom. The summed E-state index contributed by atoms with van der Waals surface area (Å²) in [6.07, 6.45) is 2.60. The summed E-state index contributed by atoms with van der Waals surface area (Å²) in [7, 11) is 1.94. The van der Waals surface area contributed by atoms with Gasteiger partial charge in [-0.05, 0) is 46.5 Å². The molecule has 23 heavy (non-hydrogen) atoms. The van der Waals surface area contributed by atoms with Gasteiger partial charge in [0.15, 0.2) is 5.96 Å². The van der Waals surface area contributed by atoms with Crippen LogP contribution in [0.5, 0.6) is 0 Å². The molecular formula is C16H32IN3O3. The van der Waals surface area contributed by atoms with Crippen LogP contribution < -0.4 is 5.32 Å². The zero-order valence-electron chi connectivity index (χ0n) is 15.1. The third-order valence-electron chi connectivity index (χ3n) is 3.10. The van der Waals surface area contributed by atoms with Gasteiger partial charge in [0.25, 0.3) is 0 Å². The number of carbonyl (C=O) groups excluding carboxylic acids is 1. The highest BCUT2D eigenvalue weighted by molar-refractivity contribution is 14.0. The molecule has 7 heteroatoms. The number of ether oxygens (including phenoxy) is 2. The first-order valence-electron chi connectivity index (χ1n) is 8.11. The fourth-order valence-corrected chi connectivity index (χ4v) is 1.82. The van der Waals surface area contributed by atoms with Gasteiger partial charge < -0.3 is 19.7 Å². The maximum absolute atomic E-state index is 11.7. The Hall–Kier alpha value is -0.570. The fourth-order valence-electron chi connectivity index (χ4n) is 1.82. The second-order valence-corrected chi connectivity index (χ2v) is 6.70. The number of esters is 1. The minimum atomic E-state index is -0.479. The third kappa shape index (κ3) is 11.6. The van der Waals surface area contributed by atoms with E-state index in [4.69, 9.17) is 9.47 Å². The lowest BCUT2D eigenvalue weighted by molar-refractivity contribution is -0.152. The van der Waals surface area contributed by atoms with Gasteiger partial charge in [-0.1, -0.05) is 0 Å². The van der Waals surface area contributed by atoms with Crippen molar-refractivity contribution < 1.29 is 14.3 Å². The van der Waals surface area contributed by atoms with E-state index in [2.05, 4.69) is 10.3 Å². The molecule has 0 atom stereocenters. The van der Waals surface area contributed by atoms with Crippen molar-refractivity contribution in [2.45, 2.75) is 46.1 Å². The van der Waals surface area contributed by atoms with E-state index in [1.165, 1.54) is 12.8 Å². The van der Waals surface area contributed by atoms with Gasteiger partial charge in [-0.3, -0.25) is 4.79 Å². The molecule has 0 aliphatic heterocycles. The first-order chi connectivity index (χ1) is 10.3. The molecule has 1 rings (SSSR count). The van der Waals surface area contributed by atoms with E-state index < -0.39 is 5.60 Å². The van der Waals surface area contributed by atoms with Crippen molar-refractivity contribution in [3.8, 4) is 0 Å². The summed E-state index contributed by atoms with van der Waals surface area (Å²) in [5, 5.41) is 3.18. The summed E-state index contributed by atoms with van der Waals surface area (Å²) in [6, 6.07) is 0. The number of nitrogens with zero attached hydrogens (tertiary/aromatic N) is 2. The van der Waals surface area contributed by atoms with Crippen molar-refractivity contribution in [1.29, 1.82) is 0 Å². The zero-order chi connectivity index (χ0) is 16.6. The lowest BCUT2D eigenvalue weighted by Gasteiger charge is -2.22. The molecule has 1 N–H and O–H groups in total. The molecule has 0 heterocycles. The van der Waals surface area contributed by atoms with Crippen molar-refractivity contribution in [1.82, 2.24) is 10.2 Å². The minimum absolute atomic E-state index is 0. The monoisotopic (exact) mass is 441 g/mol. The third-order valence-corrected chi connectivity index (χ3v) is 3.10. The zero-order valence-corrected chi connectivity index (χ0v) is 17.4. The predicted octanol–water partition coefficient (Wildman–Crippen LogP) is 2.27. The van der Waals surface area contributed by atoms with Crippen molar-refractivity contribution in [3.05, 3.63) is 0 Å². The van der Waals surface area contributed by atoms with Crippen LogP contribution in [-0.2, 0) is 14.3 Å². The molecule has 0 bridgehead atoms. The molecule has 0 aromatic heterocycles. The summed E-state index contributed by atoms with van der Waals surface area (Å²) < 4.78 is 10.9. The van der Waals surface area contributed by atoms with Crippen LogP contribution in [0.2, 0.25) is 0 Å². The van der Waals surface area contributed by atoms with Gasteiger partial charge in [0.2, 0.25) is 0 Å². The highest BCUT2D eigenvalue weighted by Crippen LogP contribution is 2.28. The molecule has 6 nitrogen and oxygen atoms in total. The Morgan fingerprint density at radius 2 is 2.00 bits per heavy atom. The topological polar surface area (TPSA) is 63.2 Å². The van der Waals surface area contributed by atoms with Crippen LogP contribution in [-0.4, -0.2) is 62.3 Å². The second kappa shape index (κ2) is 11.1. The standard InChI is InChI=1S/C16H31N3O3.HI/c1-6-17-15(18-11-14(20)22-16(2,3)4)19(5)9-10-21-12-13-7-8-13;/h13H,6-12H2,1-5H3,(H,17,18);1H. The molecular weight excluding hydrogens is 409 g/mol. The Morgan fingerprint density at radius 1 is 1.35 bits per heavy atom. The average Bonchev–Trinajstić information content (AvgIpc) is 3.21. The Kier molecular flexibility index (Phi) is 10.8. The Bertz CT molecular complexity index is 379. The molecule has 0 amide bonds. The number of rotatable bonds is 8. The van der Waals surface area contributed by atoms with Crippen molar-refractivity contribution in [2.75, 3.05) is 39.9 Å². The summed E-state index contributed by atoms with van der Waals surface area (Å²) in [5.41, 5.74) is -0.479. The number of hydrogen-bond acceptors (Lipinski definition) is 4. The SMILES string of the molecule is CCNC(=NCC(=O)OC(C)(C)C)N(C)CCOCC1CC1.I. The Labute approximate surface area is 157 Å². The average molecular weight is 441 g/mol. The molecule has 0 aromatic carbocycles. The fraction of sp³-hybridized carbons (Fsp3) is 0.875. The van der Waals surface area contributed by atoms with Crippen molar-refractivity contribution in [2.24, 2.45) is 10.9 Å². The van der Waals surface area contributed by atoms with Gasteiger partial charge in [0.1, 0.15) is 12.1 Å². The number of guanidine groups is 1. The maximum Gasteiger partial charge on any atom is 0.328 e. The molecule has 1 saturated carbocycles. The van der Waals surface area contributed by atoms with Crippen LogP contribution in [0.4, 0.5) is 0 Å². The first kappa shape index (κ1) is 22.4. The van der Waals surface area contributed by atoms with Gasteiger partial charge in [-0.2, -0.15) is 0 Å². The van der Waals surface area contributed by atoms with Gasteiger partial charge in [-0.25, -0.2) is 4.99 Å². The molecule has 0 radical (unpaired) electrons. The van der Waals surface area contributed by atoms with Crippen LogP contribution in [0.15, 0.2) is 4.99 Å². The van der Waals surface area contributed by atoms with E-state index in [0.717, 1.165) is 25.6 Å². The minimum Gasteiger partial charge on any atom is -0.459 e. The highest BCUT2D eigenvalue weighted by atomic mass is 127. The van der Waals surface area contributed by atoms with E-state index >= 15 is 0 Å². The van der Waals surface area contributed by atoms with E-state index in [0.29, 0.717) is 12.6 Å². The molecule has 0 aromatic rings. The van der Waals surface area contributed by atoms with Crippen LogP contribution in [0.25, 0.3) is 0 Å². The van der Waals surface area contributed by atoms with Crippen molar-refractivity contribution >= 4 is 35.9 Å². The normalized spacial score (nSPS) is 14.9. The number of halogens is 1. The predicted molar refractivity (Wildman–Crippen MR) is 103 cm³/mol. The molecule has 136 valence electrons. The lowest BCUT2D eigenvalue weighted by atomic mass is 10.2. The molecule has 0 unspecified atom stereocenters. The van der Waals surface area contributed by atoms with E-state index in [1.54, 1.807) is 0 Å². The quantitative estimate of drug-likeness (QED) is 0.206. The number of aliphatic imine (C=N–C) groups is 1. The second-order valence-electron chi connectivity index (χ2n) is 6.70.